The van der Waals surface area contributed by atoms with Gasteiger partial charge in [-0.05, 0) is 23.3 Å². The van der Waals surface area contributed by atoms with Gasteiger partial charge < -0.3 is 4.90 Å². The molecule has 0 radical (unpaired) electrons. The highest BCUT2D eigenvalue weighted by Crippen LogP contribution is 2.28. The second kappa shape index (κ2) is 3.59. The quantitative estimate of drug-likeness (QED) is 0.801. The molecule has 16 heavy (non-hydrogen) atoms. The van der Waals surface area contributed by atoms with Gasteiger partial charge in [0.25, 0.3) is 0 Å². The molecule has 0 fully saturated rings. The standard InChI is InChI=1S/C11H11BrN4/c1-15-7-11(13-14-15)16-5-8-2-3-10(12)4-9(8)6-16/h2-4,7H,5-6H2,1H3. The topological polar surface area (TPSA) is 34.0 Å². The van der Waals surface area contributed by atoms with Crippen LogP contribution >= 0.6 is 15.9 Å². The summed E-state index contributed by atoms with van der Waals surface area (Å²) in [5.74, 6) is 0.940. The second-order valence-electron chi connectivity index (χ2n) is 4.02. The molecule has 0 N–H and O–H groups in total. The van der Waals surface area contributed by atoms with E-state index in [4.69, 9.17) is 0 Å². The first-order valence-corrected chi connectivity index (χ1v) is 5.90. The minimum absolute atomic E-state index is 0.910. The van der Waals surface area contributed by atoms with E-state index in [0.29, 0.717) is 0 Å². The Labute approximate surface area is 102 Å². The normalized spacial score (nSPS) is 14.2. The maximum Gasteiger partial charge on any atom is 0.171 e. The number of nitrogens with zero attached hydrogens (tertiary/aromatic N) is 4. The number of aryl methyl sites for hydroxylation is 1. The summed E-state index contributed by atoms with van der Waals surface area (Å²) in [6, 6.07) is 6.42. The average molecular weight is 279 g/mol. The highest BCUT2D eigenvalue weighted by atomic mass is 79.9. The fourth-order valence-corrected chi connectivity index (χ4v) is 2.41. The van der Waals surface area contributed by atoms with E-state index in [9.17, 15) is 0 Å². The van der Waals surface area contributed by atoms with Gasteiger partial charge in [0, 0.05) is 24.6 Å². The summed E-state index contributed by atoms with van der Waals surface area (Å²) in [4.78, 5) is 2.23. The van der Waals surface area contributed by atoms with Gasteiger partial charge in [0.2, 0.25) is 0 Å². The summed E-state index contributed by atoms with van der Waals surface area (Å²) < 4.78 is 2.86. The summed E-state index contributed by atoms with van der Waals surface area (Å²) in [6.45, 7) is 1.83. The van der Waals surface area contributed by atoms with Crippen LogP contribution in [-0.2, 0) is 20.1 Å². The van der Waals surface area contributed by atoms with Crippen molar-refractivity contribution < 1.29 is 0 Å². The molecule has 1 aromatic heterocycles. The predicted molar refractivity (Wildman–Crippen MR) is 65.0 cm³/mol. The zero-order valence-corrected chi connectivity index (χ0v) is 10.5. The predicted octanol–water partition coefficient (Wildman–Crippen LogP) is 2.10. The van der Waals surface area contributed by atoms with Gasteiger partial charge in [-0.2, -0.15) is 0 Å². The van der Waals surface area contributed by atoms with Crippen molar-refractivity contribution in [3.63, 3.8) is 0 Å². The number of aromatic nitrogens is 3. The van der Waals surface area contributed by atoms with Crippen LogP contribution in [0.2, 0.25) is 0 Å². The lowest BCUT2D eigenvalue weighted by Crippen LogP contribution is -2.14. The Hall–Kier alpha value is -1.36. The lowest BCUT2D eigenvalue weighted by Gasteiger charge is -2.12. The Morgan fingerprint density at radius 1 is 1.25 bits per heavy atom. The van der Waals surface area contributed by atoms with Crippen LogP contribution in [0.1, 0.15) is 11.1 Å². The third kappa shape index (κ3) is 1.61. The van der Waals surface area contributed by atoms with Crippen molar-refractivity contribution in [1.29, 1.82) is 0 Å². The number of anilines is 1. The van der Waals surface area contributed by atoms with Crippen molar-refractivity contribution in [3.05, 3.63) is 40.0 Å². The molecule has 2 heterocycles. The molecular weight excluding hydrogens is 268 g/mol. The van der Waals surface area contributed by atoms with E-state index in [1.54, 1.807) is 4.68 Å². The van der Waals surface area contributed by atoms with Gasteiger partial charge in [0.15, 0.2) is 5.82 Å². The van der Waals surface area contributed by atoms with Crippen molar-refractivity contribution in [1.82, 2.24) is 15.0 Å². The highest BCUT2D eigenvalue weighted by Gasteiger charge is 2.20. The molecule has 0 unspecified atom stereocenters. The SMILES string of the molecule is Cn1cc(N2Cc3ccc(Br)cc3C2)nn1. The van der Waals surface area contributed by atoms with Crippen LogP contribution in [0.25, 0.3) is 0 Å². The Morgan fingerprint density at radius 2 is 2.06 bits per heavy atom. The molecule has 0 bridgehead atoms. The van der Waals surface area contributed by atoms with Crippen molar-refractivity contribution >= 4 is 21.7 Å². The molecule has 2 aromatic rings. The molecule has 4 nitrogen and oxygen atoms in total. The molecule has 0 spiro atoms. The van der Waals surface area contributed by atoms with Crippen molar-refractivity contribution in [2.24, 2.45) is 7.05 Å². The summed E-state index contributed by atoms with van der Waals surface area (Å²) in [7, 11) is 1.89. The Bertz CT molecular complexity index is 535. The van der Waals surface area contributed by atoms with E-state index < -0.39 is 0 Å². The number of fused-ring (bicyclic) bond motifs is 1. The van der Waals surface area contributed by atoms with Gasteiger partial charge in [-0.1, -0.05) is 27.2 Å². The molecule has 5 heteroatoms. The van der Waals surface area contributed by atoms with Crippen LogP contribution in [0.4, 0.5) is 5.82 Å². The minimum atomic E-state index is 0.910. The van der Waals surface area contributed by atoms with E-state index in [-0.39, 0.29) is 0 Å². The Kier molecular flexibility index (Phi) is 2.21. The summed E-state index contributed by atoms with van der Waals surface area (Å²) in [5, 5.41) is 8.09. The van der Waals surface area contributed by atoms with Gasteiger partial charge in [-0.15, -0.1) is 5.10 Å². The van der Waals surface area contributed by atoms with Gasteiger partial charge in [-0.3, -0.25) is 4.68 Å². The third-order valence-electron chi connectivity index (χ3n) is 2.81. The zero-order chi connectivity index (χ0) is 11.1. The monoisotopic (exact) mass is 278 g/mol. The fraction of sp³-hybridized carbons (Fsp3) is 0.273. The molecule has 1 aliphatic rings. The van der Waals surface area contributed by atoms with E-state index in [1.165, 1.54) is 11.1 Å². The molecule has 0 saturated carbocycles. The second-order valence-corrected chi connectivity index (χ2v) is 4.94. The summed E-state index contributed by atoms with van der Waals surface area (Å²) >= 11 is 3.49. The van der Waals surface area contributed by atoms with Gasteiger partial charge >= 0.3 is 0 Å². The molecule has 1 aliphatic heterocycles. The molecular formula is C11H11BrN4. The van der Waals surface area contributed by atoms with Crippen LogP contribution in [-0.4, -0.2) is 15.0 Å². The van der Waals surface area contributed by atoms with Crippen molar-refractivity contribution in [2.75, 3.05) is 4.90 Å². The minimum Gasteiger partial charge on any atom is -0.345 e. The number of rotatable bonds is 1. The van der Waals surface area contributed by atoms with Crippen LogP contribution in [0.15, 0.2) is 28.9 Å². The van der Waals surface area contributed by atoms with E-state index in [1.807, 2.05) is 13.2 Å². The molecule has 1 aromatic carbocycles. The largest absolute Gasteiger partial charge is 0.345 e. The van der Waals surface area contributed by atoms with E-state index >= 15 is 0 Å². The van der Waals surface area contributed by atoms with Gasteiger partial charge in [0.1, 0.15) is 0 Å². The highest BCUT2D eigenvalue weighted by molar-refractivity contribution is 9.10. The first-order valence-electron chi connectivity index (χ1n) is 5.11. The van der Waals surface area contributed by atoms with Gasteiger partial charge in [-0.25, -0.2) is 0 Å². The maximum atomic E-state index is 4.13. The molecule has 0 aliphatic carbocycles. The zero-order valence-electron chi connectivity index (χ0n) is 8.89. The van der Waals surface area contributed by atoms with Crippen molar-refractivity contribution in [2.45, 2.75) is 13.1 Å². The van der Waals surface area contributed by atoms with Crippen LogP contribution < -0.4 is 4.90 Å². The first-order chi connectivity index (χ1) is 7.72. The molecule has 0 amide bonds. The number of halogens is 1. The maximum absolute atomic E-state index is 4.13. The smallest absolute Gasteiger partial charge is 0.171 e. The van der Waals surface area contributed by atoms with Crippen LogP contribution in [0.3, 0.4) is 0 Å². The Morgan fingerprint density at radius 3 is 2.81 bits per heavy atom. The molecule has 82 valence electrons. The van der Waals surface area contributed by atoms with E-state index in [0.717, 1.165) is 23.4 Å². The fourth-order valence-electron chi connectivity index (χ4n) is 2.01. The van der Waals surface area contributed by atoms with E-state index in [2.05, 4.69) is 49.3 Å². The lowest BCUT2D eigenvalue weighted by atomic mass is 10.1. The third-order valence-corrected chi connectivity index (χ3v) is 3.30. The number of hydrogen-bond donors (Lipinski definition) is 0. The van der Waals surface area contributed by atoms with Crippen LogP contribution in [0.5, 0.6) is 0 Å². The number of hydrogen-bond acceptors (Lipinski definition) is 3. The number of benzene rings is 1. The first kappa shape index (κ1) is 9.84. The summed E-state index contributed by atoms with van der Waals surface area (Å²) in [5.41, 5.74) is 2.73. The van der Waals surface area contributed by atoms with Gasteiger partial charge in [0.05, 0.1) is 6.20 Å². The van der Waals surface area contributed by atoms with Crippen LogP contribution in [0, 0.1) is 0 Å². The molecule has 3 rings (SSSR count). The average Bonchev–Trinajstić information content (AvgIpc) is 2.83. The molecule has 0 atom stereocenters. The summed E-state index contributed by atoms with van der Waals surface area (Å²) in [6.07, 6.45) is 1.95. The molecule has 0 saturated heterocycles. The Balaban J connectivity index is 1.90. The lowest BCUT2D eigenvalue weighted by molar-refractivity contribution is 0.713. The van der Waals surface area contributed by atoms with Crippen molar-refractivity contribution in [3.8, 4) is 0 Å².